The van der Waals surface area contributed by atoms with E-state index in [4.69, 9.17) is 4.74 Å². The van der Waals surface area contributed by atoms with Gasteiger partial charge in [-0.3, -0.25) is 0 Å². The van der Waals surface area contributed by atoms with E-state index in [0.29, 0.717) is 12.5 Å². The van der Waals surface area contributed by atoms with Crippen molar-refractivity contribution in [3.63, 3.8) is 0 Å². The van der Waals surface area contributed by atoms with E-state index in [1.165, 1.54) is 24.8 Å². The first-order chi connectivity index (χ1) is 7.05. The minimum absolute atomic E-state index is 0.159. The predicted molar refractivity (Wildman–Crippen MR) is 59.3 cm³/mol. The number of rotatable bonds is 2. The van der Waals surface area contributed by atoms with Gasteiger partial charge in [0.1, 0.15) is 0 Å². The van der Waals surface area contributed by atoms with E-state index in [0.717, 1.165) is 5.92 Å². The summed E-state index contributed by atoms with van der Waals surface area (Å²) in [6.45, 7) is 6.85. The maximum Gasteiger partial charge on any atom is 0.330 e. The molecule has 0 spiro atoms. The zero-order valence-corrected chi connectivity index (χ0v) is 9.88. The highest BCUT2D eigenvalue weighted by Crippen LogP contribution is 2.58. The second-order valence-corrected chi connectivity index (χ2v) is 5.28. The Labute approximate surface area is 91.7 Å². The van der Waals surface area contributed by atoms with Crippen molar-refractivity contribution in [1.82, 2.24) is 0 Å². The average molecular weight is 208 g/mol. The van der Waals surface area contributed by atoms with Crippen LogP contribution in [0.4, 0.5) is 0 Å². The zero-order valence-electron chi connectivity index (χ0n) is 9.88. The van der Waals surface area contributed by atoms with Gasteiger partial charge >= 0.3 is 5.97 Å². The molecule has 2 atom stereocenters. The summed E-state index contributed by atoms with van der Waals surface area (Å²) in [7, 11) is 0. The van der Waals surface area contributed by atoms with Gasteiger partial charge in [0.2, 0.25) is 0 Å². The Balaban J connectivity index is 2.18. The van der Waals surface area contributed by atoms with Crippen molar-refractivity contribution in [1.29, 1.82) is 0 Å². The van der Waals surface area contributed by atoms with E-state index in [1.54, 1.807) is 6.08 Å². The summed E-state index contributed by atoms with van der Waals surface area (Å²) >= 11 is 0. The first kappa shape index (κ1) is 10.7. The molecule has 2 nitrogen and oxygen atoms in total. The summed E-state index contributed by atoms with van der Waals surface area (Å²) in [5.74, 6) is 1.27. The van der Waals surface area contributed by atoms with Crippen molar-refractivity contribution in [2.24, 2.45) is 17.3 Å². The van der Waals surface area contributed by atoms with E-state index in [2.05, 4.69) is 13.8 Å². The molecule has 2 aliphatic rings. The summed E-state index contributed by atoms with van der Waals surface area (Å²) in [5.41, 5.74) is 1.55. The van der Waals surface area contributed by atoms with E-state index in [-0.39, 0.29) is 11.4 Å². The van der Waals surface area contributed by atoms with Crippen LogP contribution in [0.3, 0.4) is 0 Å². The summed E-state index contributed by atoms with van der Waals surface area (Å²) in [4.78, 5) is 11.5. The first-order valence-corrected chi connectivity index (χ1v) is 5.94. The van der Waals surface area contributed by atoms with Gasteiger partial charge in [-0.2, -0.15) is 0 Å². The van der Waals surface area contributed by atoms with Crippen molar-refractivity contribution < 1.29 is 9.53 Å². The van der Waals surface area contributed by atoms with Crippen LogP contribution in [-0.4, -0.2) is 12.6 Å². The maximum atomic E-state index is 11.5. The molecule has 0 aliphatic heterocycles. The third kappa shape index (κ3) is 1.70. The van der Waals surface area contributed by atoms with Gasteiger partial charge in [0.05, 0.1) is 6.61 Å². The summed E-state index contributed by atoms with van der Waals surface area (Å²) < 4.78 is 4.99. The van der Waals surface area contributed by atoms with E-state index in [1.807, 2.05) is 6.92 Å². The number of ether oxygens (including phenoxy) is 1. The molecule has 0 N–H and O–H groups in total. The molecule has 0 amide bonds. The molecular formula is C13H20O2. The van der Waals surface area contributed by atoms with Crippen LogP contribution in [0.5, 0.6) is 0 Å². The topological polar surface area (TPSA) is 26.3 Å². The molecule has 84 valence electrons. The number of hydrogen-bond donors (Lipinski definition) is 0. The monoisotopic (exact) mass is 208 g/mol. The number of carbonyl (C=O) groups excluding carboxylic acids is 1. The van der Waals surface area contributed by atoms with Crippen LogP contribution in [0.25, 0.3) is 0 Å². The smallest absolute Gasteiger partial charge is 0.330 e. The molecule has 15 heavy (non-hydrogen) atoms. The van der Waals surface area contributed by atoms with E-state index < -0.39 is 0 Å². The van der Waals surface area contributed by atoms with Crippen LogP contribution in [0.1, 0.15) is 40.0 Å². The molecule has 2 rings (SSSR count). The van der Waals surface area contributed by atoms with Crippen molar-refractivity contribution in [3.8, 4) is 0 Å². The number of esters is 1. The molecule has 0 aromatic heterocycles. The van der Waals surface area contributed by atoms with Gasteiger partial charge in [0.25, 0.3) is 0 Å². The Bertz CT molecular complexity index is 302. The van der Waals surface area contributed by atoms with E-state index in [9.17, 15) is 4.79 Å². The third-order valence-corrected chi connectivity index (χ3v) is 4.20. The third-order valence-electron chi connectivity index (χ3n) is 4.20. The fourth-order valence-electron chi connectivity index (χ4n) is 3.30. The van der Waals surface area contributed by atoms with Gasteiger partial charge in [0.15, 0.2) is 0 Å². The lowest BCUT2D eigenvalue weighted by atomic mass is 9.72. The summed E-state index contributed by atoms with van der Waals surface area (Å²) in [6, 6.07) is 0. The molecule has 0 saturated heterocycles. The molecule has 2 unspecified atom stereocenters. The first-order valence-electron chi connectivity index (χ1n) is 5.94. The highest BCUT2D eigenvalue weighted by atomic mass is 16.5. The fraction of sp³-hybridized carbons (Fsp3) is 0.769. The molecular weight excluding hydrogens is 188 g/mol. The van der Waals surface area contributed by atoms with Gasteiger partial charge in [0, 0.05) is 6.08 Å². The minimum Gasteiger partial charge on any atom is -0.463 e. The second-order valence-electron chi connectivity index (χ2n) is 5.28. The number of allylic oxidation sites excluding steroid dienone is 1. The molecule has 2 bridgehead atoms. The van der Waals surface area contributed by atoms with Crippen molar-refractivity contribution in [2.45, 2.75) is 40.0 Å². The molecule has 2 heteroatoms. The fourth-order valence-corrected chi connectivity index (χ4v) is 3.30. The summed E-state index contributed by atoms with van der Waals surface area (Å²) in [6.07, 6.45) is 5.63. The van der Waals surface area contributed by atoms with Gasteiger partial charge in [-0.1, -0.05) is 19.4 Å². The van der Waals surface area contributed by atoms with Crippen LogP contribution in [-0.2, 0) is 9.53 Å². The van der Waals surface area contributed by atoms with Crippen LogP contribution in [0.2, 0.25) is 0 Å². The number of hydrogen-bond acceptors (Lipinski definition) is 2. The lowest BCUT2D eigenvalue weighted by molar-refractivity contribution is -0.137. The molecule has 0 aromatic rings. The minimum atomic E-state index is -0.159. The molecule has 2 aliphatic carbocycles. The van der Waals surface area contributed by atoms with Crippen molar-refractivity contribution >= 4 is 5.97 Å². The lowest BCUT2D eigenvalue weighted by Crippen LogP contribution is -2.23. The SMILES string of the molecule is CCOC(=O)C=C1C2CCC(C2)C1(C)C. The van der Waals surface area contributed by atoms with Gasteiger partial charge in [-0.15, -0.1) is 0 Å². The normalized spacial score (nSPS) is 34.7. The number of fused-ring (bicyclic) bond motifs is 2. The lowest BCUT2D eigenvalue weighted by Gasteiger charge is -2.32. The Morgan fingerprint density at radius 1 is 1.53 bits per heavy atom. The predicted octanol–water partition coefficient (Wildman–Crippen LogP) is 2.93. The van der Waals surface area contributed by atoms with E-state index >= 15 is 0 Å². The Hall–Kier alpha value is -0.790. The van der Waals surface area contributed by atoms with Gasteiger partial charge < -0.3 is 4.74 Å². The van der Waals surface area contributed by atoms with Crippen molar-refractivity contribution in [2.75, 3.05) is 6.61 Å². The maximum absolute atomic E-state index is 11.5. The quantitative estimate of drug-likeness (QED) is 0.515. The molecule has 0 heterocycles. The highest BCUT2D eigenvalue weighted by molar-refractivity contribution is 5.83. The van der Waals surface area contributed by atoms with Crippen LogP contribution in [0.15, 0.2) is 11.6 Å². The van der Waals surface area contributed by atoms with Crippen LogP contribution in [0, 0.1) is 17.3 Å². The molecule has 2 fully saturated rings. The molecule has 0 radical (unpaired) electrons. The molecule has 0 aromatic carbocycles. The van der Waals surface area contributed by atoms with Gasteiger partial charge in [-0.25, -0.2) is 4.79 Å². The van der Waals surface area contributed by atoms with Crippen LogP contribution >= 0.6 is 0 Å². The summed E-state index contributed by atoms with van der Waals surface area (Å²) in [5, 5.41) is 0. The Kier molecular flexibility index (Phi) is 2.61. The Morgan fingerprint density at radius 2 is 2.27 bits per heavy atom. The zero-order chi connectivity index (χ0) is 11.1. The largest absolute Gasteiger partial charge is 0.463 e. The average Bonchev–Trinajstić information content (AvgIpc) is 2.69. The standard InChI is InChI=1S/C13H20O2/c1-4-15-12(14)8-11-9-5-6-10(7-9)13(11,2)3/h8-10H,4-7H2,1-3H3. The van der Waals surface area contributed by atoms with Crippen LogP contribution < -0.4 is 0 Å². The highest BCUT2D eigenvalue weighted by Gasteiger charge is 2.48. The number of carbonyl (C=O) groups is 1. The second kappa shape index (κ2) is 3.66. The van der Waals surface area contributed by atoms with Gasteiger partial charge in [-0.05, 0) is 43.4 Å². The van der Waals surface area contributed by atoms with Crippen molar-refractivity contribution in [3.05, 3.63) is 11.6 Å². The molecule has 2 saturated carbocycles. The Morgan fingerprint density at radius 3 is 2.80 bits per heavy atom.